The van der Waals surface area contributed by atoms with Gasteiger partial charge in [0.05, 0.1) is 0 Å². The molecule has 3 N–H and O–H groups in total. The van der Waals surface area contributed by atoms with Crippen molar-refractivity contribution in [2.75, 3.05) is 17.2 Å². The molecule has 3 rings (SSSR count). The van der Waals surface area contributed by atoms with E-state index in [1.807, 2.05) is 54.6 Å². The van der Waals surface area contributed by atoms with Crippen LogP contribution in [-0.2, 0) is 0 Å². The molecular formula is C19H23N3O. The zero-order chi connectivity index (χ0) is 15.9. The average molecular weight is 309 g/mol. The molecule has 0 radical (unpaired) electrons. The minimum absolute atomic E-state index is 0.124. The maximum Gasteiger partial charge on any atom is 0.319 e. The predicted molar refractivity (Wildman–Crippen MR) is 95.1 cm³/mol. The number of hydrogen-bond acceptors (Lipinski definition) is 2. The Kier molecular flexibility index (Phi) is 5.14. The molecule has 0 atom stereocenters. The van der Waals surface area contributed by atoms with Gasteiger partial charge in [-0.25, -0.2) is 4.79 Å². The summed E-state index contributed by atoms with van der Waals surface area (Å²) < 4.78 is 0. The number of nitrogens with one attached hydrogen (secondary N) is 3. The molecule has 2 aromatic carbocycles. The summed E-state index contributed by atoms with van der Waals surface area (Å²) in [5.41, 5.74) is 2.84. The highest BCUT2D eigenvalue weighted by Gasteiger charge is 2.15. The van der Waals surface area contributed by atoms with E-state index < -0.39 is 0 Å². The van der Waals surface area contributed by atoms with Gasteiger partial charge in [0.1, 0.15) is 0 Å². The van der Waals surface area contributed by atoms with Crippen molar-refractivity contribution in [1.82, 2.24) is 5.32 Å². The van der Waals surface area contributed by atoms with Crippen LogP contribution in [-0.4, -0.2) is 12.6 Å². The lowest BCUT2D eigenvalue weighted by Gasteiger charge is -2.12. The van der Waals surface area contributed by atoms with Crippen LogP contribution in [0.1, 0.15) is 25.7 Å². The number of rotatable bonds is 5. The monoisotopic (exact) mass is 309 g/mol. The maximum absolute atomic E-state index is 11.9. The largest absolute Gasteiger partial charge is 0.356 e. The first-order chi connectivity index (χ1) is 11.3. The second-order valence-corrected chi connectivity index (χ2v) is 6.05. The van der Waals surface area contributed by atoms with Crippen LogP contribution in [0.3, 0.4) is 0 Å². The summed E-state index contributed by atoms with van der Waals surface area (Å²) in [6, 6.07) is 17.6. The van der Waals surface area contributed by atoms with Gasteiger partial charge in [-0.15, -0.1) is 0 Å². The number of benzene rings is 2. The van der Waals surface area contributed by atoms with Crippen LogP contribution in [0.15, 0.2) is 54.6 Å². The van der Waals surface area contributed by atoms with Crippen LogP contribution < -0.4 is 16.0 Å². The van der Waals surface area contributed by atoms with Crippen molar-refractivity contribution in [3.8, 4) is 0 Å². The molecule has 0 unspecified atom stereocenters. The van der Waals surface area contributed by atoms with E-state index >= 15 is 0 Å². The summed E-state index contributed by atoms with van der Waals surface area (Å²) in [6.07, 6.45) is 5.06. The fourth-order valence-corrected chi connectivity index (χ4v) is 2.95. The molecule has 1 aliphatic carbocycles. The molecule has 0 spiro atoms. The van der Waals surface area contributed by atoms with Crippen LogP contribution >= 0.6 is 0 Å². The lowest BCUT2D eigenvalue weighted by Crippen LogP contribution is -2.32. The minimum Gasteiger partial charge on any atom is -0.356 e. The number of hydrogen-bond donors (Lipinski definition) is 3. The van der Waals surface area contributed by atoms with Gasteiger partial charge in [-0.2, -0.15) is 0 Å². The Morgan fingerprint density at radius 2 is 1.48 bits per heavy atom. The summed E-state index contributed by atoms with van der Waals surface area (Å²) in [6.45, 7) is 0.777. The van der Waals surface area contributed by atoms with Gasteiger partial charge >= 0.3 is 6.03 Å². The van der Waals surface area contributed by atoms with Gasteiger partial charge in [-0.3, -0.25) is 0 Å². The third-order valence-corrected chi connectivity index (χ3v) is 4.23. The fourth-order valence-electron chi connectivity index (χ4n) is 2.95. The average Bonchev–Trinajstić information content (AvgIpc) is 3.09. The molecule has 2 aromatic rings. The van der Waals surface area contributed by atoms with Crippen molar-refractivity contribution in [3.05, 3.63) is 54.6 Å². The molecule has 0 aliphatic heterocycles. The minimum atomic E-state index is -0.124. The normalized spacial score (nSPS) is 14.4. The standard InChI is InChI=1S/C19H23N3O/c23-19(20-14-15-6-4-5-7-15)22-18-12-10-17(11-13-18)21-16-8-2-1-3-9-16/h1-3,8-13,15,21H,4-7,14H2,(H2,20,22,23). The topological polar surface area (TPSA) is 53.2 Å². The van der Waals surface area contributed by atoms with Crippen molar-refractivity contribution in [2.24, 2.45) is 5.92 Å². The number of amides is 2. The van der Waals surface area contributed by atoms with Gasteiger partial charge in [0.15, 0.2) is 0 Å². The highest BCUT2D eigenvalue weighted by atomic mass is 16.2. The van der Waals surface area contributed by atoms with Crippen LogP contribution in [0.5, 0.6) is 0 Å². The zero-order valence-corrected chi connectivity index (χ0v) is 13.2. The first kappa shape index (κ1) is 15.4. The van der Waals surface area contributed by atoms with E-state index in [1.165, 1.54) is 25.7 Å². The van der Waals surface area contributed by atoms with Gasteiger partial charge in [-0.1, -0.05) is 31.0 Å². The predicted octanol–water partition coefficient (Wildman–Crippen LogP) is 4.74. The molecule has 1 aliphatic rings. The Morgan fingerprint density at radius 1 is 0.870 bits per heavy atom. The highest BCUT2D eigenvalue weighted by molar-refractivity contribution is 5.89. The Hall–Kier alpha value is -2.49. The molecule has 2 amide bonds. The summed E-state index contributed by atoms with van der Waals surface area (Å²) in [5, 5.41) is 9.16. The van der Waals surface area contributed by atoms with E-state index in [2.05, 4.69) is 16.0 Å². The first-order valence-corrected chi connectivity index (χ1v) is 8.26. The van der Waals surface area contributed by atoms with Gasteiger partial charge in [0.2, 0.25) is 0 Å². The molecule has 0 aromatic heterocycles. The second kappa shape index (κ2) is 7.68. The number of carbonyl (C=O) groups excluding carboxylic acids is 1. The molecule has 4 nitrogen and oxygen atoms in total. The second-order valence-electron chi connectivity index (χ2n) is 6.05. The van der Waals surface area contributed by atoms with Crippen LogP contribution in [0.25, 0.3) is 0 Å². The van der Waals surface area contributed by atoms with E-state index in [-0.39, 0.29) is 6.03 Å². The van der Waals surface area contributed by atoms with E-state index in [0.29, 0.717) is 5.92 Å². The number of anilines is 3. The Labute approximate surface area is 137 Å². The summed E-state index contributed by atoms with van der Waals surface area (Å²) in [5.74, 6) is 0.651. The quantitative estimate of drug-likeness (QED) is 0.747. The molecule has 120 valence electrons. The Morgan fingerprint density at radius 3 is 2.17 bits per heavy atom. The molecule has 0 bridgehead atoms. The van der Waals surface area contributed by atoms with Crippen molar-refractivity contribution in [3.63, 3.8) is 0 Å². The van der Waals surface area contributed by atoms with Crippen LogP contribution in [0.2, 0.25) is 0 Å². The lowest BCUT2D eigenvalue weighted by molar-refractivity contribution is 0.250. The van der Waals surface area contributed by atoms with E-state index in [4.69, 9.17) is 0 Å². The SMILES string of the molecule is O=C(NCC1CCCC1)Nc1ccc(Nc2ccccc2)cc1. The number of urea groups is 1. The third kappa shape index (κ3) is 4.74. The fraction of sp³-hybridized carbons (Fsp3) is 0.316. The molecule has 0 heterocycles. The van der Waals surface area contributed by atoms with E-state index in [9.17, 15) is 4.79 Å². The van der Waals surface area contributed by atoms with E-state index in [1.54, 1.807) is 0 Å². The van der Waals surface area contributed by atoms with Crippen molar-refractivity contribution >= 4 is 23.1 Å². The summed E-state index contributed by atoms with van der Waals surface area (Å²) in [7, 11) is 0. The molecule has 1 fully saturated rings. The van der Waals surface area contributed by atoms with Crippen molar-refractivity contribution < 1.29 is 4.79 Å². The molecular weight excluding hydrogens is 286 g/mol. The van der Waals surface area contributed by atoms with Gasteiger partial charge in [-0.05, 0) is 55.2 Å². The van der Waals surface area contributed by atoms with Gasteiger partial charge in [0.25, 0.3) is 0 Å². The number of para-hydroxylation sites is 1. The van der Waals surface area contributed by atoms with Crippen LogP contribution in [0.4, 0.5) is 21.9 Å². The van der Waals surface area contributed by atoms with Crippen LogP contribution in [0, 0.1) is 5.92 Å². The maximum atomic E-state index is 11.9. The summed E-state index contributed by atoms with van der Waals surface area (Å²) in [4.78, 5) is 11.9. The summed E-state index contributed by atoms with van der Waals surface area (Å²) >= 11 is 0. The van der Waals surface area contributed by atoms with Gasteiger partial charge in [0, 0.05) is 23.6 Å². The molecule has 0 saturated heterocycles. The van der Waals surface area contributed by atoms with E-state index in [0.717, 1.165) is 23.6 Å². The molecule has 23 heavy (non-hydrogen) atoms. The third-order valence-electron chi connectivity index (χ3n) is 4.23. The molecule has 4 heteroatoms. The Bertz CT molecular complexity index is 619. The highest BCUT2D eigenvalue weighted by Crippen LogP contribution is 2.23. The smallest absolute Gasteiger partial charge is 0.319 e. The van der Waals surface area contributed by atoms with Crippen molar-refractivity contribution in [1.29, 1.82) is 0 Å². The first-order valence-electron chi connectivity index (χ1n) is 8.26. The zero-order valence-electron chi connectivity index (χ0n) is 13.2. The lowest BCUT2D eigenvalue weighted by atomic mass is 10.1. The number of carbonyl (C=O) groups is 1. The van der Waals surface area contributed by atoms with Crippen molar-refractivity contribution in [2.45, 2.75) is 25.7 Å². The van der Waals surface area contributed by atoms with Gasteiger partial charge < -0.3 is 16.0 Å². The Balaban J connectivity index is 1.47. The molecule has 1 saturated carbocycles.